The lowest BCUT2D eigenvalue weighted by atomic mass is 9.81. The number of carboxylic acids is 1. The molecule has 2 rings (SSSR count). The maximum absolute atomic E-state index is 12.8. The maximum atomic E-state index is 12.8. The van der Waals surface area contributed by atoms with E-state index in [4.69, 9.17) is 5.11 Å². The van der Waals surface area contributed by atoms with E-state index in [-0.39, 0.29) is 6.04 Å². The molecule has 2 amide bonds. The van der Waals surface area contributed by atoms with Gasteiger partial charge in [-0.3, -0.25) is 4.79 Å². The second-order valence-corrected chi connectivity index (χ2v) is 5.61. The summed E-state index contributed by atoms with van der Waals surface area (Å²) in [5.74, 6) is -4.78. The molecular weight excluding hydrogens is 277 g/mol. The van der Waals surface area contributed by atoms with E-state index in [9.17, 15) is 22.8 Å². The first-order valence-corrected chi connectivity index (χ1v) is 6.55. The Morgan fingerprint density at radius 2 is 1.90 bits per heavy atom. The summed E-state index contributed by atoms with van der Waals surface area (Å²) in [5, 5.41) is 11.5. The van der Waals surface area contributed by atoms with Crippen molar-refractivity contribution < 1.29 is 27.9 Å². The normalized spacial score (nSPS) is 33.7. The Kier molecular flexibility index (Phi) is 3.84. The fourth-order valence-corrected chi connectivity index (χ4v) is 2.68. The molecular formula is C12H17F3N2O3. The lowest BCUT2D eigenvalue weighted by Gasteiger charge is -2.35. The summed E-state index contributed by atoms with van der Waals surface area (Å²) in [7, 11) is 0. The Bertz CT molecular complexity index is 413. The average Bonchev–Trinajstić information content (AvgIpc) is 2.78. The van der Waals surface area contributed by atoms with Crippen LogP contribution in [0.5, 0.6) is 0 Å². The molecule has 1 aliphatic heterocycles. The minimum absolute atomic E-state index is 0.0179. The highest BCUT2D eigenvalue weighted by Crippen LogP contribution is 2.38. The lowest BCUT2D eigenvalue weighted by molar-refractivity contribution is -0.187. The van der Waals surface area contributed by atoms with E-state index in [1.807, 2.05) is 6.92 Å². The SMILES string of the molecule is CC1CCC1NC(=O)N1C[C@@H](C(F)(F)F)[C@H](C(=O)O)C1. The third-order valence-corrected chi connectivity index (χ3v) is 4.27. The smallest absolute Gasteiger partial charge is 0.394 e. The van der Waals surface area contributed by atoms with Crippen LogP contribution in [-0.2, 0) is 4.79 Å². The fourth-order valence-electron chi connectivity index (χ4n) is 2.68. The van der Waals surface area contributed by atoms with Gasteiger partial charge < -0.3 is 15.3 Å². The van der Waals surface area contributed by atoms with Crippen LogP contribution in [-0.4, -0.2) is 47.3 Å². The number of carboxylic acid groups (broad SMARTS) is 1. The van der Waals surface area contributed by atoms with Crippen LogP contribution in [0, 0.1) is 17.8 Å². The summed E-state index contributed by atoms with van der Waals surface area (Å²) < 4.78 is 38.4. The van der Waals surface area contributed by atoms with Crippen molar-refractivity contribution in [2.75, 3.05) is 13.1 Å². The molecule has 5 nitrogen and oxygen atoms in total. The number of aliphatic carboxylic acids is 1. The number of amides is 2. The molecule has 20 heavy (non-hydrogen) atoms. The van der Waals surface area contributed by atoms with Gasteiger partial charge in [0, 0.05) is 19.1 Å². The Hall–Kier alpha value is -1.47. The van der Waals surface area contributed by atoms with Crippen molar-refractivity contribution in [3.05, 3.63) is 0 Å². The average molecular weight is 294 g/mol. The van der Waals surface area contributed by atoms with Crippen LogP contribution < -0.4 is 5.32 Å². The van der Waals surface area contributed by atoms with E-state index in [2.05, 4.69) is 5.32 Å². The van der Waals surface area contributed by atoms with Gasteiger partial charge in [0.05, 0.1) is 11.8 Å². The van der Waals surface area contributed by atoms with Crippen molar-refractivity contribution in [3.8, 4) is 0 Å². The minimum Gasteiger partial charge on any atom is -0.481 e. The van der Waals surface area contributed by atoms with Crippen molar-refractivity contribution in [1.82, 2.24) is 10.2 Å². The molecule has 0 radical (unpaired) electrons. The van der Waals surface area contributed by atoms with Gasteiger partial charge >= 0.3 is 18.2 Å². The summed E-state index contributed by atoms with van der Waals surface area (Å²) in [6, 6.07) is -0.615. The molecule has 8 heteroatoms. The molecule has 2 unspecified atom stereocenters. The van der Waals surface area contributed by atoms with E-state index < -0.39 is 43.1 Å². The van der Waals surface area contributed by atoms with Gasteiger partial charge in [-0.15, -0.1) is 0 Å². The molecule has 0 aromatic carbocycles. The quantitative estimate of drug-likeness (QED) is 0.814. The molecule has 0 aromatic rings. The summed E-state index contributed by atoms with van der Waals surface area (Å²) in [5.41, 5.74) is 0. The van der Waals surface area contributed by atoms with Crippen LogP contribution in [0.1, 0.15) is 19.8 Å². The molecule has 1 saturated heterocycles. The highest BCUT2D eigenvalue weighted by Gasteiger charge is 2.53. The number of nitrogens with one attached hydrogen (secondary N) is 1. The topological polar surface area (TPSA) is 69.6 Å². The largest absolute Gasteiger partial charge is 0.481 e. The van der Waals surface area contributed by atoms with Crippen LogP contribution in [0.15, 0.2) is 0 Å². The highest BCUT2D eigenvalue weighted by atomic mass is 19.4. The van der Waals surface area contributed by atoms with Gasteiger partial charge in [0.25, 0.3) is 0 Å². The molecule has 114 valence electrons. The molecule has 2 N–H and O–H groups in total. The third kappa shape index (κ3) is 2.83. The second-order valence-electron chi connectivity index (χ2n) is 5.61. The number of hydrogen-bond donors (Lipinski definition) is 2. The van der Waals surface area contributed by atoms with Gasteiger partial charge in [-0.25, -0.2) is 4.79 Å². The summed E-state index contributed by atoms with van der Waals surface area (Å²) >= 11 is 0. The van der Waals surface area contributed by atoms with E-state index >= 15 is 0 Å². The zero-order valence-corrected chi connectivity index (χ0v) is 11.0. The molecule has 0 bridgehead atoms. The first-order valence-electron chi connectivity index (χ1n) is 6.55. The summed E-state index contributed by atoms with van der Waals surface area (Å²) in [6.07, 6.45) is -2.82. The monoisotopic (exact) mass is 294 g/mol. The summed E-state index contributed by atoms with van der Waals surface area (Å²) in [4.78, 5) is 23.8. The minimum atomic E-state index is -4.61. The Labute approximate surface area is 114 Å². The molecule has 0 aromatic heterocycles. The zero-order chi connectivity index (χ0) is 15.1. The Morgan fingerprint density at radius 3 is 2.25 bits per heavy atom. The number of likely N-dealkylation sites (tertiary alicyclic amines) is 1. The number of carbonyl (C=O) groups excluding carboxylic acids is 1. The van der Waals surface area contributed by atoms with Gasteiger partial charge in [0.1, 0.15) is 0 Å². The van der Waals surface area contributed by atoms with Gasteiger partial charge in [-0.2, -0.15) is 13.2 Å². The highest BCUT2D eigenvalue weighted by molar-refractivity contribution is 5.78. The maximum Gasteiger partial charge on any atom is 0.394 e. The van der Waals surface area contributed by atoms with Crippen LogP contribution in [0.2, 0.25) is 0 Å². The summed E-state index contributed by atoms with van der Waals surface area (Å²) in [6.45, 7) is 0.969. The standard InChI is InChI=1S/C12H17F3N2O3/c1-6-2-3-9(6)16-11(20)17-4-7(10(18)19)8(5-17)12(13,14)15/h6-9H,2-5H2,1H3,(H,16,20)(H,18,19)/t6?,7-,8-,9?/m1/s1. The van der Waals surface area contributed by atoms with E-state index in [0.29, 0.717) is 5.92 Å². The zero-order valence-electron chi connectivity index (χ0n) is 11.0. The van der Waals surface area contributed by atoms with Crippen LogP contribution in [0.4, 0.5) is 18.0 Å². The van der Waals surface area contributed by atoms with Gasteiger partial charge in [0.2, 0.25) is 0 Å². The van der Waals surface area contributed by atoms with Crippen LogP contribution >= 0.6 is 0 Å². The number of alkyl halides is 3. The number of hydrogen-bond acceptors (Lipinski definition) is 2. The third-order valence-electron chi connectivity index (χ3n) is 4.27. The van der Waals surface area contributed by atoms with E-state index in [1.165, 1.54) is 0 Å². The number of halogens is 3. The first kappa shape index (κ1) is 14.9. The fraction of sp³-hybridized carbons (Fsp3) is 0.833. The van der Waals surface area contributed by atoms with E-state index in [0.717, 1.165) is 17.7 Å². The lowest BCUT2D eigenvalue weighted by Crippen LogP contribution is -2.50. The predicted octanol–water partition coefficient (Wildman–Crippen LogP) is 1.69. The van der Waals surface area contributed by atoms with E-state index in [1.54, 1.807) is 0 Å². The van der Waals surface area contributed by atoms with Crippen molar-refractivity contribution in [1.29, 1.82) is 0 Å². The number of rotatable bonds is 2. The Morgan fingerprint density at radius 1 is 1.25 bits per heavy atom. The number of nitrogens with zero attached hydrogens (tertiary/aromatic N) is 1. The van der Waals surface area contributed by atoms with Gasteiger partial charge in [-0.1, -0.05) is 6.92 Å². The number of urea groups is 1. The van der Waals surface area contributed by atoms with Crippen molar-refractivity contribution in [2.45, 2.75) is 32.0 Å². The second kappa shape index (κ2) is 5.14. The van der Waals surface area contributed by atoms with Crippen molar-refractivity contribution in [3.63, 3.8) is 0 Å². The molecule has 1 saturated carbocycles. The molecule has 2 aliphatic rings. The van der Waals surface area contributed by atoms with Gasteiger partial charge in [0.15, 0.2) is 0 Å². The van der Waals surface area contributed by atoms with Crippen LogP contribution in [0.25, 0.3) is 0 Å². The predicted molar refractivity (Wildman–Crippen MR) is 63.0 cm³/mol. The molecule has 1 aliphatic carbocycles. The van der Waals surface area contributed by atoms with Crippen molar-refractivity contribution in [2.24, 2.45) is 17.8 Å². The number of carbonyl (C=O) groups is 2. The first-order chi connectivity index (χ1) is 9.20. The molecule has 4 atom stereocenters. The van der Waals surface area contributed by atoms with Crippen LogP contribution in [0.3, 0.4) is 0 Å². The molecule has 0 spiro atoms. The van der Waals surface area contributed by atoms with Gasteiger partial charge in [-0.05, 0) is 18.8 Å². The molecule has 2 fully saturated rings. The van der Waals surface area contributed by atoms with Crippen molar-refractivity contribution >= 4 is 12.0 Å². The Balaban J connectivity index is 2.00. The molecule has 1 heterocycles.